The van der Waals surface area contributed by atoms with Gasteiger partial charge in [-0.15, -0.1) is 0 Å². The lowest BCUT2D eigenvalue weighted by Crippen LogP contribution is -2.35. The summed E-state index contributed by atoms with van der Waals surface area (Å²) in [7, 11) is 0. The molecule has 0 bridgehead atoms. The van der Waals surface area contributed by atoms with Crippen LogP contribution in [0, 0.1) is 11.8 Å². The van der Waals surface area contributed by atoms with Crippen LogP contribution in [-0.4, -0.2) is 34.7 Å². The normalized spacial score (nSPS) is 24.2. The Balaban J connectivity index is 1.67. The van der Waals surface area contributed by atoms with Gasteiger partial charge < -0.3 is 9.64 Å². The third-order valence-corrected chi connectivity index (χ3v) is 4.55. The van der Waals surface area contributed by atoms with Crippen molar-refractivity contribution in [2.45, 2.75) is 32.8 Å². The second kappa shape index (κ2) is 5.69. The van der Waals surface area contributed by atoms with Crippen molar-refractivity contribution < 1.29 is 9.53 Å². The molecule has 0 spiro atoms. The van der Waals surface area contributed by atoms with E-state index in [-0.39, 0.29) is 6.09 Å². The first-order valence-corrected chi connectivity index (χ1v) is 8.41. The lowest BCUT2D eigenvalue weighted by Gasteiger charge is -2.24. The van der Waals surface area contributed by atoms with E-state index in [1.807, 2.05) is 31.9 Å². The SMILES string of the molecule is CC(C)(C)OC(=O)N1C[C@@H]2CC(c3cncc(Br)c3)=C[C@@H]2C1. The molecular weight excluding hydrogens is 344 g/mol. The topological polar surface area (TPSA) is 42.4 Å². The van der Waals surface area contributed by atoms with Gasteiger partial charge in [0.2, 0.25) is 0 Å². The van der Waals surface area contributed by atoms with Gasteiger partial charge in [0.1, 0.15) is 5.60 Å². The van der Waals surface area contributed by atoms with E-state index >= 15 is 0 Å². The van der Waals surface area contributed by atoms with Gasteiger partial charge in [0.05, 0.1) is 0 Å². The molecule has 3 rings (SSSR count). The maximum atomic E-state index is 12.2. The summed E-state index contributed by atoms with van der Waals surface area (Å²) in [6.45, 7) is 7.24. The second-order valence-corrected chi connectivity index (χ2v) is 8.01. The van der Waals surface area contributed by atoms with Crippen molar-refractivity contribution in [2.75, 3.05) is 13.1 Å². The molecule has 0 N–H and O–H groups in total. The van der Waals surface area contributed by atoms with Crippen molar-refractivity contribution in [1.82, 2.24) is 9.88 Å². The number of hydrogen-bond donors (Lipinski definition) is 0. The Morgan fingerprint density at radius 3 is 2.77 bits per heavy atom. The van der Waals surface area contributed by atoms with Crippen LogP contribution in [-0.2, 0) is 4.74 Å². The molecule has 1 saturated heterocycles. The Kier molecular flexibility index (Phi) is 4.02. The van der Waals surface area contributed by atoms with Crippen LogP contribution in [0.2, 0.25) is 0 Å². The predicted molar refractivity (Wildman–Crippen MR) is 89.3 cm³/mol. The van der Waals surface area contributed by atoms with Crippen LogP contribution < -0.4 is 0 Å². The van der Waals surface area contributed by atoms with Crippen molar-refractivity contribution >= 4 is 27.6 Å². The number of halogens is 1. The highest BCUT2D eigenvalue weighted by atomic mass is 79.9. The number of nitrogens with zero attached hydrogens (tertiary/aromatic N) is 2. The Bertz CT molecular complexity index is 621. The number of pyridine rings is 1. The summed E-state index contributed by atoms with van der Waals surface area (Å²) in [4.78, 5) is 18.2. The number of likely N-dealkylation sites (tertiary alicyclic amines) is 1. The molecule has 0 unspecified atom stereocenters. The van der Waals surface area contributed by atoms with E-state index in [1.165, 1.54) is 11.1 Å². The molecule has 1 aliphatic carbocycles. The van der Waals surface area contributed by atoms with Crippen LogP contribution >= 0.6 is 15.9 Å². The number of ether oxygens (including phenoxy) is 1. The molecule has 2 atom stereocenters. The minimum Gasteiger partial charge on any atom is -0.444 e. The van der Waals surface area contributed by atoms with Gasteiger partial charge in [-0.25, -0.2) is 4.79 Å². The lowest BCUT2D eigenvalue weighted by atomic mass is 9.99. The van der Waals surface area contributed by atoms with Crippen LogP contribution in [0.25, 0.3) is 5.57 Å². The molecule has 0 radical (unpaired) electrons. The minimum absolute atomic E-state index is 0.194. The molecule has 4 nitrogen and oxygen atoms in total. The Morgan fingerprint density at radius 1 is 1.36 bits per heavy atom. The first-order chi connectivity index (χ1) is 10.3. The zero-order chi connectivity index (χ0) is 15.9. The van der Waals surface area contributed by atoms with Crippen molar-refractivity contribution in [3.8, 4) is 0 Å². The average molecular weight is 365 g/mol. The highest BCUT2D eigenvalue weighted by Gasteiger charge is 2.39. The Hall–Kier alpha value is -1.36. The molecule has 0 aromatic carbocycles. The minimum atomic E-state index is -0.433. The summed E-state index contributed by atoms with van der Waals surface area (Å²) in [5, 5.41) is 0. The van der Waals surface area contributed by atoms with E-state index in [0.29, 0.717) is 11.8 Å². The van der Waals surface area contributed by atoms with E-state index in [4.69, 9.17) is 4.74 Å². The largest absolute Gasteiger partial charge is 0.444 e. The third kappa shape index (κ3) is 3.35. The number of carbonyl (C=O) groups excluding carboxylic acids is 1. The van der Waals surface area contributed by atoms with Crippen molar-refractivity contribution in [1.29, 1.82) is 0 Å². The first-order valence-electron chi connectivity index (χ1n) is 7.61. The summed E-state index contributed by atoms with van der Waals surface area (Å²) in [6.07, 6.45) is 6.81. The van der Waals surface area contributed by atoms with Gasteiger partial charge in [-0.3, -0.25) is 4.98 Å². The molecule has 2 heterocycles. The number of amides is 1. The lowest BCUT2D eigenvalue weighted by molar-refractivity contribution is 0.0285. The molecular formula is C17H21BrN2O2. The second-order valence-electron chi connectivity index (χ2n) is 7.10. The van der Waals surface area contributed by atoms with Gasteiger partial charge in [-0.1, -0.05) is 6.08 Å². The predicted octanol–water partition coefficient (Wildman–Crippen LogP) is 4.11. The van der Waals surface area contributed by atoms with Crippen LogP contribution in [0.4, 0.5) is 4.79 Å². The van der Waals surface area contributed by atoms with Crippen molar-refractivity contribution in [3.63, 3.8) is 0 Å². The summed E-state index contributed by atoms with van der Waals surface area (Å²) in [5.74, 6) is 0.933. The van der Waals surface area contributed by atoms with Crippen molar-refractivity contribution in [3.05, 3.63) is 34.6 Å². The molecule has 1 amide bonds. The highest BCUT2D eigenvalue weighted by molar-refractivity contribution is 9.10. The number of fused-ring (bicyclic) bond motifs is 1. The molecule has 22 heavy (non-hydrogen) atoms. The maximum Gasteiger partial charge on any atom is 0.410 e. The van der Waals surface area contributed by atoms with Gasteiger partial charge in [0.15, 0.2) is 0 Å². The van der Waals surface area contributed by atoms with Gasteiger partial charge >= 0.3 is 6.09 Å². The number of allylic oxidation sites excluding steroid dienone is 1. The van der Waals surface area contributed by atoms with E-state index < -0.39 is 5.60 Å². The smallest absolute Gasteiger partial charge is 0.410 e. The molecule has 0 saturated carbocycles. The summed E-state index contributed by atoms with van der Waals surface area (Å²) >= 11 is 3.47. The number of aromatic nitrogens is 1. The quantitative estimate of drug-likeness (QED) is 0.752. The van der Waals surface area contributed by atoms with Gasteiger partial charge in [-0.2, -0.15) is 0 Å². The standard InChI is InChI=1S/C17H21BrN2O2/c1-17(2,3)22-16(21)20-9-13-4-11(5-14(13)10-20)12-6-15(18)8-19-7-12/h4,6-8,13-14H,5,9-10H2,1-3H3/t13-,14+/m1/s1. The fourth-order valence-electron chi connectivity index (χ4n) is 3.19. The van der Waals surface area contributed by atoms with Crippen LogP contribution in [0.1, 0.15) is 32.8 Å². The molecule has 5 heteroatoms. The van der Waals surface area contributed by atoms with E-state index in [1.54, 1.807) is 6.20 Å². The van der Waals surface area contributed by atoms with Gasteiger partial charge in [0.25, 0.3) is 0 Å². The maximum absolute atomic E-state index is 12.2. The van der Waals surface area contributed by atoms with Crippen LogP contribution in [0.5, 0.6) is 0 Å². The number of carbonyl (C=O) groups is 1. The summed E-state index contributed by atoms with van der Waals surface area (Å²) < 4.78 is 6.46. The Morgan fingerprint density at radius 2 is 2.14 bits per heavy atom. The molecule has 2 aliphatic rings. The highest BCUT2D eigenvalue weighted by Crippen LogP contribution is 2.41. The fourth-order valence-corrected chi connectivity index (χ4v) is 3.55. The van der Waals surface area contributed by atoms with Gasteiger partial charge in [-0.05, 0) is 72.2 Å². The van der Waals surface area contributed by atoms with Crippen LogP contribution in [0.15, 0.2) is 29.0 Å². The Labute approximate surface area is 139 Å². The zero-order valence-corrected chi connectivity index (χ0v) is 14.8. The molecule has 118 valence electrons. The number of hydrogen-bond acceptors (Lipinski definition) is 3. The molecule has 1 fully saturated rings. The van der Waals surface area contributed by atoms with Crippen LogP contribution in [0.3, 0.4) is 0 Å². The molecule has 1 aromatic rings. The third-order valence-electron chi connectivity index (χ3n) is 4.12. The number of rotatable bonds is 1. The zero-order valence-electron chi connectivity index (χ0n) is 13.2. The summed E-state index contributed by atoms with van der Waals surface area (Å²) in [6, 6.07) is 2.10. The van der Waals surface area contributed by atoms with Crippen molar-refractivity contribution in [2.24, 2.45) is 11.8 Å². The average Bonchev–Trinajstić information content (AvgIpc) is 2.94. The van der Waals surface area contributed by atoms with E-state index in [0.717, 1.165) is 24.0 Å². The molecule has 1 aromatic heterocycles. The first kappa shape index (κ1) is 15.5. The molecule has 1 aliphatic heterocycles. The monoisotopic (exact) mass is 364 g/mol. The fraction of sp³-hybridized carbons (Fsp3) is 0.529. The summed E-state index contributed by atoms with van der Waals surface area (Å²) in [5.41, 5.74) is 2.08. The van der Waals surface area contributed by atoms with E-state index in [2.05, 4.69) is 33.1 Å². The van der Waals surface area contributed by atoms with Gasteiger partial charge in [0, 0.05) is 30.0 Å². The van der Waals surface area contributed by atoms with E-state index in [9.17, 15) is 4.79 Å².